The average molecular weight is 230 g/mol. The standard InChI is InChI=1S/C14H18N2O/c1-10-7-13(10)16-9-15-12(14(16)17)8-11-5-3-2-4-6-11/h2-6,10,12-13,15H,7-9H2,1H3. The van der Waals surface area contributed by atoms with Crippen molar-refractivity contribution < 1.29 is 4.79 Å². The zero-order valence-corrected chi connectivity index (χ0v) is 10.1. The third-order valence-corrected chi connectivity index (χ3v) is 3.84. The number of nitrogens with one attached hydrogen (secondary N) is 1. The largest absolute Gasteiger partial charge is 0.325 e. The van der Waals surface area contributed by atoms with Crippen LogP contribution in [-0.4, -0.2) is 29.6 Å². The first-order valence-corrected chi connectivity index (χ1v) is 6.33. The van der Waals surface area contributed by atoms with Gasteiger partial charge in [-0.2, -0.15) is 0 Å². The molecule has 1 N–H and O–H groups in total. The van der Waals surface area contributed by atoms with E-state index in [0.29, 0.717) is 12.0 Å². The number of carbonyl (C=O) groups is 1. The third kappa shape index (κ3) is 2.07. The van der Waals surface area contributed by atoms with Crippen molar-refractivity contribution in [1.29, 1.82) is 0 Å². The van der Waals surface area contributed by atoms with Gasteiger partial charge in [-0.15, -0.1) is 0 Å². The van der Waals surface area contributed by atoms with Crippen LogP contribution in [0.15, 0.2) is 30.3 Å². The molecule has 90 valence electrons. The number of nitrogens with zero attached hydrogens (tertiary/aromatic N) is 1. The molecule has 3 nitrogen and oxygen atoms in total. The molecule has 3 unspecified atom stereocenters. The summed E-state index contributed by atoms with van der Waals surface area (Å²) in [6, 6.07) is 10.7. The van der Waals surface area contributed by atoms with Crippen LogP contribution >= 0.6 is 0 Å². The number of rotatable bonds is 3. The molecule has 1 aromatic rings. The fraction of sp³-hybridized carbons (Fsp3) is 0.500. The van der Waals surface area contributed by atoms with Crippen molar-refractivity contribution in [3.05, 3.63) is 35.9 Å². The van der Waals surface area contributed by atoms with Crippen molar-refractivity contribution in [3.8, 4) is 0 Å². The van der Waals surface area contributed by atoms with Gasteiger partial charge in [0.05, 0.1) is 12.7 Å². The first kappa shape index (κ1) is 10.8. The summed E-state index contributed by atoms with van der Waals surface area (Å²) in [5, 5.41) is 3.32. The van der Waals surface area contributed by atoms with E-state index in [2.05, 4.69) is 24.4 Å². The molecule has 2 aliphatic rings. The van der Waals surface area contributed by atoms with Gasteiger partial charge in [0.15, 0.2) is 0 Å². The molecule has 3 atom stereocenters. The summed E-state index contributed by atoms with van der Waals surface area (Å²) in [6.45, 7) is 2.94. The Balaban J connectivity index is 1.64. The highest BCUT2D eigenvalue weighted by molar-refractivity contribution is 5.84. The lowest BCUT2D eigenvalue weighted by Crippen LogP contribution is -2.33. The van der Waals surface area contributed by atoms with Crippen LogP contribution in [0.3, 0.4) is 0 Å². The highest BCUT2D eigenvalue weighted by Gasteiger charge is 2.45. The van der Waals surface area contributed by atoms with Crippen LogP contribution in [0.2, 0.25) is 0 Å². The molecular weight excluding hydrogens is 212 g/mol. The quantitative estimate of drug-likeness (QED) is 0.851. The minimum absolute atomic E-state index is 0.0230. The zero-order valence-electron chi connectivity index (χ0n) is 10.1. The number of benzene rings is 1. The van der Waals surface area contributed by atoms with Gasteiger partial charge in [0, 0.05) is 6.04 Å². The SMILES string of the molecule is CC1CC1N1CNC(Cc2ccccc2)C1=O. The summed E-state index contributed by atoms with van der Waals surface area (Å²) >= 11 is 0. The molecule has 1 aliphatic carbocycles. The van der Waals surface area contributed by atoms with E-state index in [1.165, 1.54) is 12.0 Å². The van der Waals surface area contributed by atoms with E-state index in [0.717, 1.165) is 13.1 Å². The summed E-state index contributed by atoms with van der Waals surface area (Å²) in [4.78, 5) is 14.2. The molecule has 1 saturated carbocycles. The first-order chi connectivity index (χ1) is 8.25. The Morgan fingerprint density at radius 1 is 1.35 bits per heavy atom. The lowest BCUT2D eigenvalue weighted by atomic mass is 10.1. The minimum Gasteiger partial charge on any atom is -0.325 e. The fourth-order valence-electron chi connectivity index (χ4n) is 2.60. The van der Waals surface area contributed by atoms with Gasteiger partial charge < -0.3 is 4.90 Å². The van der Waals surface area contributed by atoms with E-state index < -0.39 is 0 Å². The molecular formula is C14H18N2O. The summed E-state index contributed by atoms with van der Waals surface area (Å²) < 4.78 is 0. The Morgan fingerprint density at radius 3 is 2.71 bits per heavy atom. The molecule has 0 radical (unpaired) electrons. The summed E-state index contributed by atoms with van der Waals surface area (Å²) in [5.74, 6) is 0.972. The second kappa shape index (κ2) is 4.15. The fourth-order valence-corrected chi connectivity index (χ4v) is 2.60. The second-order valence-electron chi connectivity index (χ2n) is 5.19. The molecule has 0 aromatic heterocycles. The molecule has 2 fully saturated rings. The van der Waals surface area contributed by atoms with Crippen molar-refractivity contribution in [2.45, 2.75) is 31.8 Å². The Hall–Kier alpha value is -1.35. The van der Waals surface area contributed by atoms with Crippen LogP contribution in [0.1, 0.15) is 18.9 Å². The van der Waals surface area contributed by atoms with Crippen LogP contribution in [0.5, 0.6) is 0 Å². The molecule has 0 bridgehead atoms. The molecule has 17 heavy (non-hydrogen) atoms. The maximum Gasteiger partial charge on any atom is 0.241 e. The minimum atomic E-state index is -0.0230. The third-order valence-electron chi connectivity index (χ3n) is 3.84. The van der Waals surface area contributed by atoms with E-state index in [4.69, 9.17) is 0 Å². The Kier molecular flexibility index (Phi) is 2.63. The van der Waals surface area contributed by atoms with E-state index in [-0.39, 0.29) is 11.9 Å². The Labute approximate surface area is 102 Å². The number of amides is 1. The van der Waals surface area contributed by atoms with Gasteiger partial charge >= 0.3 is 0 Å². The van der Waals surface area contributed by atoms with Crippen molar-refractivity contribution in [2.24, 2.45) is 5.92 Å². The second-order valence-corrected chi connectivity index (χ2v) is 5.19. The highest BCUT2D eigenvalue weighted by Crippen LogP contribution is 2.36. The van der Waals surface area contributed by atoms with E-state index in [1.54, 1.807) is 0 Å². The van der Waals surface area contributed by atoms with Crippen LogP contribution in [0, 0.1) is 5.92 Å². The first-order valence-electron chi connectivity index (χ1n) is 6.33. The van der Waals surface area contributed by atoms with Crippen molar-refractivity contribution >= 4 is 5.91 Å². The predicted octanol–water partition coefficient (Wildman–Crippen LogP) is 1.40. The zero-order chi connectivity index (χ0) is 11.8. The summed E-state index contributed by atoms with van der Waals surface area (Å²) in [5.41, 5.74) is 1.23. The van der Waals surface area contributed by atoms with Crippen molar-refractivity contribution in [2.75, 3.05) is 6.67 Å². The summed E-state index contributed by atoms with van der Waals surface area (Å²) in [7, 11) is 0. The lowest BCUT2D eigenvalue weighted by Gasteiger charge is -2.14. The van der Waals surface area contributed by atoms with Crippen molar-refractivity contribution in [3.63, 3.8) is 0 Å². The smallest absolute Gasteiger partial charge is 0.241 e. The molecule has 3 heteroatoms. The van der Waals surface area contributed by atoms with Crippen LogP contribution in [0.25, 0.3) is 0 Å². The molecule has 0 spiro atoms. The van der Waals surface area contributed by atoms with Crippen LogP contribution < -0.4 is 5.32 Å². The predicted molar refractivity (Wildman–Crippen MR) is 66.4 cm³/mol. The van der Waals surface area contributed by atoms with E-state index in [1.807, 2.05) is 23.1 Å². The molecule has 1 heterocycles. The Morgan fingerprint density at radius 2 is 2.06 bits per heavy atom. The van der Waals surface area contributed by atoms with Crippen LogP contribution in [0.4, 0.5) is 0 Å². The van der Waals surface area contributed by atoms with E-state index in [9.17, 15) is 4.79 Å². The normalized spacial score (nSPS) is 31.9. The van der Waals surface area contributed by atoms with Crippen LogP contribution in [-0.2, 0) is 11.2 Å². The highest BCUT2D eigenvalue weighted by atomic mass is 16.2. The molecule has 3 rings (SSSR count). The number of hydrogen-bond acceptors (Lipinski definition) is 2. The van der Waals surface area contributed by atoms with Gasteiger partial charge in [-0.1, -0.05) is 37.3 Å². The number of carbonyl (C=O) groups excluding carboxylic acids is 1. The maximum atomic E-state index is 12.2. The van der Waals surface area contributed by atoms with Gasteiger partial charge in [0.2, 0.25) is 5.91 Å². The van der Waals surface area contributed by atoms with Crippen molar-refractivity contribution in [1.82, 2.24) is 10.2 Å². The summed E-state index contributed by atoms with van der Waals surface area (Å²) in [6.07, 6.45) is 1.97. The van der Waals surface area contributed by atoms with E-state index >= 15 is 0 Å². The van der Waals surface area contributed by atoms with Gasteiger partial charge in [-0.3, -0.25) is 10.1 Å². The average Bonchev–Trinajstić information content (AvgIpc) is 2.95. The number of hydrogen-bond donors (Lipinski definition) is 1. The topological polar surface area (TPSA) is 32.3 Å². The van der Waals surface area contributed by atoms with Gasteiger partial charge in [-0.25, -0.2) is 0 Å². The lowest BCUT2D eigenvalue weighted by molar-refractivity contribution is -0.129. The Bertz CT molecular complexity index is 417. The maximum absolute atomic E-state index is 12.2. The molecule has 1 aromatic carbocycles. The molecule has 1 aliphatic heterocycles. The molecule has 1 amide bonds. The van der Waals surface area contributed by atoms with Gasteiger partial charge in [0.1, 0.15) is 0 Å². The van der Waals surface area contributed by atoms with Gasteiger partial charge in [-0.05, 0) is 24.3 Å². The molecule has 1 saturated heterocycles. The van der Waals surface area contributed by atoms with Gasteiger partial charge in [0.25, 0.3) is 0 Å². The monoisotopic (exact) mass is 230 g/mol.